The Morgan fingerprint density at radius 3 is 2.58 bits per heavy atom. The van der Waals surface area contributed by atoms with Crippen molar-refractivity contribution in [1.29, 1.82) is 0 Å². The highest BCUT2D eigenvalue weighted by Gasteiger charge is 2.34. The highest BCUT2D eigenvalue weighted by molar-refractivity contribution is 7.16. The molecule has 2 N–H and O–H groups in total. The van der Waals surface area contributed by atoms with E-state index in [-0.39, 0.29) is 42.0 Å². The minimum Gasteiger partial charge on any atom is -0.465 e. The van der Waals surface area contributed by atoms with Crippen LogP contribution in [-0.2, 0) is 25.5 Å². The number of ether oxygens (including phenoxy) is 1. The number of halogens is 1. The van der Waals surface area contributed by atoms with Crippen molar-refractivity contribution in [3.05, 3.63) is 40.7 Å². The maximum atomic E-state index is 13.0. The molecule has 10 heteroatoms. The highest BCUT2D eigenvalue weighted by Crippen LogP contribution is 2.39. The molecule has 0 saturated carbocycles. The molecule has 2 aromatic rings. The van der Waals surface area contributed by atoms with Gasteiger partial charge < -0.3 is 15.4 Å². The fourth-order valence-corrected chi connectivity index (χ4v) is 5.29. The Balaban J connectivity index is 1.24. The predicted octanol–water partition coefficient (Wildman–Crippen LogP) is 3.16. The number of nitrogens with one attached hydrogen (secondary N) is 2. The number of hydrogen-bond acceptors (Lipinski definition) is 7. The van der Waals surface area contributed by atoms with Crippen LogP contribution in [0.2, 0.25) is 0 Å². The van der Waals surface area contributed by atoms with Crippen LogP contribution in [0.3, 0.4) is 0 Å². The first-order valence-corrected chi connectivity index (χ1v) is 12.0. The zero-order chi connectivity index (χ0) is 23.4. The van der Waals surface area contributed by atoms with E-state index >= 15 is 0 Å². The third-order valence-corrected chi connectivity index (χ3v) is 7.02. The zero-order valence-corrected chi connectivity index (χ0v) is 19.3. The molecule has 1 saturated heterocycles. The molecule has 1 aliphatic heterocycles. The van der Waals surface area contributed by atoms with Crippen molar-refractivity contribution in [3.8, 4) is 0 Å². The monoisotopic (exact) mass is 474 g/mol. The number of esters is 1. The number of anilines is 2. The standard InChI is InChI=1S/C23H27FN4O4S/c1-2-32-22(31)17-7-8-18-20(17)26-23(33-18)27-21(30)14-9-11-28(12-10-14)13-19(29)25-16-5-3-15(24)4-6-16/h3-6,14,17H,2,7-13H2,1H3,(H,25,29)(H,26,27,30). The first-order chi connectivity index (χ1) is 15.9. The van der Waals surface area contributed by atoms with Crippen molar-refractivity contribution in [2.45, 2.75) is 38.5 Å². The summed E-state index contributed by atoms with van der Waals surface area (Å²) in [6.45, 7) is 3.61. The molecule has 1 aliphatic carbocycles. The van der Waals surface area contributed by atoms with Gasteiger partial charge in [-0.2, -0.15) is 0 Å². The van der Waals surface area contributed by atoms with E-state index in [9.17, 15) is 18.8 Å². The molecule has 2 aliphatic rings. The summed E-state index contributed by atoms with van der Waals surface area (Å²) < 4.78 is 18.1. The van der Waals surface area contributed by atoms with E-state index in [4.69, 9.17) is 4.74 Å². The number of amides is 2. The summed E-state index contributed by atoms with van der Waals surface area (Å²) in [6.07, 6.45) is 2.76. The molecule has 4 rings (SSSR count). The van der Waals surface area contributed by atoms with E-state index in [2.05, 4.69) is 15.6 Å². The van der Waals surface area contributed by atoms with Crippen molar-refractivity contribution < 1.29 is 23.5 Å². The van der Waals surface area contributed by atoms with E-state index < -0.39 is 0 Å². The highest BCUT2D eigenvalue weighted by atomic mass is 32.1. The van der Waals surface area contributed by atoms with E-state index in [1.807, 2.05) is 4.90 Å². The lowest BCUT2D eigenvalue weighted by molar-refractivity contribution is -0.145. The molecule has 1 unspecified atom stereocenters. The summed E-state index contributed by atoms with van der Waals surface area (Å²) in [5, 5.41) is 6.20. The molecule has 1 fully saturated rings. The summed E-state index contributed by atoms with van der Waals surface area (Å²) in [5.74, 6) is -1.35. The first kappa shape index (κ1) is 23.3. The number of rotatable bonds is 7. The molecule has 0 bridgehead atoms. The number of piperidine rings is 1. The van der Waals surface area contributed by atoms with Gasteiger partial charge in [-0.1, -0.05) is 0 Å². The number of carbonyl (C=O) groups is 3. The lowest BCUT2D eigenvalue weighted by Gasteiger charge is -2.30. The minimum absolute atomic E-state index is 0.0782. The average molecular weight is 475 g/mol. The number of aryl methyl sites for hydroxylation is 1. The summed E-state index contributed by atoms with van der Waals surface area (Å²) in [5.41, 5.74) is 1.28. The lowest BCUT2D eigenvalue weighted by atomic mass is 9.96. The van der Waals surface area contributed by atoms with Gasteiger partial charge in [0.25, 0.3) is 0 Å². The number of thiazole rings is 1. The Labute approximate surface area is 195 Å². The molecule has 33 heavy (non-hydrogen) atoms. The topological polar surface area (TPSA) is 101 Å². The Bertz CT molecular complexity index is 1020. The lowest BCUT2D eigenvalue weighted by Crippen LogP contribution is -2.41. The summed E-state index contributed by atoms with van der Waals surface area (Å²) in [6, 6.07) is 5.64. The van der Waals surface area contributed by atoms with Crippen LogP contribution in [0.5, 0.6) is 0 Å². The molecule has 176 valence electrons. The molecular weight excluding hydrogens is 447 g/mol. The van der Waals surface area contributed by atoms with Crippen LogP contribution < -0.4 is 10.6 Å². The van der Waals surface area contributed by atoms with Crippen LogP contribution in [0.4, 0.5) is 15.2 Å². The van der Waals surface area contributed by atoms with Crippen LogP contribution in [0, 0.1) is 11.7 Å². The second-order valence-corrected chi connectivity index (χ2v) is 9.35. The van der Waals surface area contributed by atoms with Gasteiger partial charge in [0, 0.05) is 16.5 Å². The Kier molecular flexibility index (Phi) is 7.34. The van der Waals surface area contributed by atoms with Gasteiger partial charge in [0.15, 0.2) is 5.13 Å². The smallest absolute Gasteiger partial charge is 0.315 e. The van der Waals surface area contributed by atoms with Gasteiger partial charge in [-0.3, -0.25) is 19.3 Å². The third-order valence-electron chi connectivity index (χ3n) is 5.97. The molecule has 1 aromatic carbocycles. The molecule has 1 atom stereocenters. The second kappa shape index (κ2) is 10.4. The Hall–Kier alpha value is -2.85. The van der Waals surface area contributed by atoms with E-state index in [0.29, 0.717) is 49.8 Å². The first-order valence-electron chi connectivity index (χ1n) is 11.2. The van der Waals surface area contributed by atoms with Gasteiger partial charge in [0.1, 0.15) is 11.7 Å². The van der Waals surface area contributed by atoms with Gasteiger partial charge in [-0.05, 0) is 70.0 Å². The van der Waals surface area contributed by atoms with Gasteiger partial charge in [-0.25, -0.2) is 9.37 Å². The number of aromatic nitrogens is 1. The third kappa shape index (κ3) is 5.75. The van der Waals surface area contributed by atoms with Crippen molar-refractivity contribution in [3.63, 3.8) is 0 Å². The van der Waals surface area contributed by atoms with E-state index in [1.54, 1.807) is 6.92 Å². The number of benzene rings is 1. The van der Waals surface area contributed by atoms with Gasteiger partial charge in [-0.15, -0.1) is 11.3 Å². The van der Waals surface area contributed by atoms with Crippen molar-refractivity contribution in [1.82, 2.24) is 9.88 Å². The average Bonchev–Trinajstić information content (AvgIpc) is 3.36. The zero-order valence-electron chi connectivity index (χ0n) is 18.4. The van der Waals surface area contributed by atoms with Crippen molar-refractivity contribution in [2.24, 2.45) is 5.92 Å². The quantitative estimate of drug-likeness (QED) is 0.598. The molecule has 8 nitrogen and oxygen atoms in total. The van der Waals surface area contributed by atoms with Crippen LogP contribution in [-0.4, -0.2) is 53.9 Å². The number of nitrogens with zero attached hydrogens (tertiary/aromatic N) is 2. The molecule has 1 aromatic heterocycles. The predicted molar refractivity (Wildman–Crippen MR) is 123 cm³/mol. The van der Waals surface area contributed by atoms with Crippen LogP contribution in [0.15, 0.2) is 24.3 Å². The SMILES string of the molecule is CCOC(=O)C1CCc2sc(NC(=O)C3CCN(CC(=O)Nc4ccc(F)cc4)CC3)nc21. The minimum atomic E-state index is -0.352. The number of hydrogen-bond donors (Lipinski definition) is 2. The maximum absolute atomic E-state index is 13.0. The maximum Gasteiger partial charge on any atom is 0.315 e. The molecular formula is C23H27FN4O4S. The van der Waals surface area contributed by atoms with Gasteiger partial charge in [0.05, 0.1) is 18.8 Å². The number of carbonyl (C=O) groups excluding carboxylic acids is 3. The molecule has 2 amide bonds. The Morgan fingerprint density at radius 1 is 1.15 bits per heavy atom. The number of likely N-dealkylation sites (tertiary alicyclic amines) is 1. The van der Waals surface area contributed by atoms with Crippen LogP contribution >= 0.6 is 11.3 Å². The van der Waals surface area contributed by atoms with Gasteiger partial charge in [0.2, 0.25) is 11.8 Å². The Morgan fingerprint density at radius 2 is 1.88 bits per heavy atom. The molecule has 2 heterocycles. The van der Waals surface area contributed by atoms with Crippen LogP contribution in [0.25, 0.3) is 0 Å². The summed E-state index contributed by atoms with van der Waals surface area (Å²) in [4.78, 5) is 44.6. The van der Waals surface area contributed by atoms with E-state index in [1.165, 1.54) is 35.6 Å². The van der Waals surface area contributed by atoms with Crippen molar-refractivity contribution in [2.75, 3.05) is 36.9 Å². The largest absolute Gasteiger partial charge is 0.465 e. The van der Waals surface area contributed by atoms with Crippen molar-refractivity contribution >= 4 is 39.9 Å². The fourth-order valence-electron chi connectivity index (χ4n) is 4.25. The fraction of sp³-hybridized carbons (Fsp3) is 0.478. The molecule has 0 radical (unpaired) electrons. The van der Waals surface area contributed by atoms with Crippen LogP contribution in [0.1, 0.15) is 42.7 Å². The van der Waals surface area contributed by atoms with E-state index in [0.717, 1.165) is 17.0 Å². The second-order valence-electron chi connectivity index (χ2n) is 8.27. The normalized spacial score (nSPS) is 18.5. The summed E-state index contributed by atoms with van der Waals surface area (Å²) in [7, 11) is 0. The molecule has 0 spiro atoms. The van der Waals surface area contributed by atoms with Gasteiger partial charge >= 0.3 is 5.97 Å². The summed E-state index contributed by atoms with van der Waals surface area (Å²) >= 11 is 1.43. The number of fused-ring (bicyclic) bond motifs is 1.